The molecule has 0 bridgehead atoms. The van der Waals surface area contributed by atoms with E-state index in [0.29, 0.717) is 6.42 Å². The zero-order valence-corrected chi connectivity index (χ0v) is 15.1. The molecule has 16 radical (unpaired) electrons. The number of fused-ring (bicyclic) bond motifs is 1. The van der Waals surface area contributed by atoms with Crippen LogP contribution in [0, 0.1) is 0 Å². The summed E-state index contributed by atoms with van der Waals surface area (Å²) in [6.45, 7) is 0.153. The Morgan fingerprint density at radius 3 is 2.15 bits per heavy atom. The highest BCUT2D eigenvalue weighted by Gasteiger charge is 2.56. The first kappa shape index (κ1) is 20.7. The number of morpholine rings is 1. The summed E-state index contributed by atoms with van der Waals surface area (Å²) in [6.07, 6.45) is 2.29. The van der Waals surface area contributed by atoms with E-state index < -0.39 is 21.5 Å². The van der Waals surface area contributed by atoms with Gasteiger partial charge in [0, 0.05) is 23.6 Å². The number of hydrogen-bond donors (Lipinski definition) is 1. The molecule has 27 heavy (non-hydrogen) atoms. The Labute approximate surface area is 170 Å². The molecule has 0 saturated carbocycles. The fourth-order valence-electron chi connectivity index (χ4n) is 3.26. The van der Waals surface area contributed by atoms with Crippen LogP contribution in [0.1, 0.15) is 5.56 Å². The second kappa shape index (κ2) is 6.52. The van der Waals surface area contributed by atoms with E-state index in [2.05, 4.69) is 4.98 Å². The van der Waals surface area contributed by atoms with Crippen molar-refractivity contribution < 1.29 is 9.47 Å². The molecule has 1 aliphatic heterocycles. The molecule has 0 aliphatic carbocycles. The highest BCUT2D eigenvalue weighted by molar-refractivity contribution is 6.59. The van der Waals surface area contributed by atoms with Gasteiger partial charge in [0.05, 0.1) is 69.9 Å². The fourth-order valence-corrected chi connectivity index (χ4v) is 3.26. The van der Waals surface area contributed by atoms with Crippen molar-refractivity contribution in [3.8, 4) is 5.75 Å². The first-order valence-corrected chi connectivity index (χ1v) is 8.26. The third-order valence-corrected chi connectivity index (χ3v) is 5.06. The van der Waals surface area contributed by atoms with E-state index in [1.165, 1.54) is 4.90 Å². The summed E-state index contributed by atoms with van der Waals surface area (Å²) in [4.78, 5) is 4.43. The first-order chi connectivity index (χ1) is 12.3. The number of aromatic nitrogens is 1. The maximum Gasteiger partial charge on any atom is 0.119 e. The monoisotopic (exact) mass is 340 g/mol. The summed E-state index contributed by atoms with van der Waals surface area (Å²) in [5.74, 6) is 0.722. The van der Waals surface area contributed by atoms with Crippen LogP contribution in [0.4, 0.5) is 0 Å². The summed E-state index contributed by atoms with van der Waals surface area (Å²) in [5, 5.41) is -7.12. The molecule has 12 heteroatoms. The molecule has 1 aromatic carbocycles. The van der Waals surface area contributed by atoms with Crippen LogP contribution in [0.25, 0.3) is 10.9 Å². The van der Waals surface area contributed by atoms with Crippen molar-refractivity contribution in [2.75, 3.05) is 13.7 Å². The van der Waals surface area contributed by atoms with Gasteiger partial charge in [-0.1, -0.05) is 0 Å². The maximum atomic E-state index is 6.12. The minimum Gasteiger partial charge on any atom is -0.497 e. The predicted octanol–water partition coefficient (Wildman–Crippen LogP) is -1.99. The van der Waals surface area contributed by atoms with Crippen LogP contribution < -0.4 is 4.74 Å². The van der Waals surface area contributed by atoms with Gasteiger partial charge in [0.1, 0.15) is 5.75 Å². The molecule has 0 spiro atoms. The Balaban J connectivity index is 1.93. The molecule has 3 rings (SSSR count). The lowest BCUT2D eigenvalue weighted by Crippen LogP contribution is -2.86. The van der Waals surface area contributed by atoms with Crippen molar-refractivity contribution in [1.29, 1.82) is 0 Å². The van der Waals surface area contributed by atoms with Crippen LogP contribution >= 0.6 is 0 Å². The van der Waals surface area contributed by atoms with E-state index in [1.54, 1.807) is 7.11 Å². The van der Waals surface area contributed by atoms with E-state index in [9.17, 15) is 0 Å². The van der Waals surface area contributed by atoms with Crippen LogP contribution in [-0.2, 0) is 11.2 Å². The Morgan fingerprint density at radius 2 is 1.59 bits per heavy atom. The minimum absolute atomic E-state index is 0.153. The molecule has 1 N–H and O–H groups in total. The Morgan fingerprint density at radius 1 is 1.00 bits per heavy atom. The maximum absolute atomic E-state index is 6.12. The number of nitrogens with zero attached hydrogens (tertiary/aromatic N) is 1. The molecular weight excluding hydrogens is 327 g/mol. The summed E-state index contributed by atoms with van der Waals surface area (Å²) < 4.78 is 10.5. The quantitative estimate of drug-likeness (QED) is 0.656. The van der Waals surface area contributed by atoms with Crippen LogP contribution in [0.3, 0.4) is 0 Å². The van der Waals surface area contributed by atoms with E-state index in [0.717, 1.165) is 22.2 Å². The molecule has 0 atom stereocenters. The van der Waals surface area contributed by atoms with Crippen molar-refractivity contribution >= 4 is 73.7 Å². The van der Waals surface area contributed by atoms with Gasteiger partial charge in [0.15, 0.2) is 0 Å². The molecule has 0 unspecified atom stereocenters. The summed E-state index contributed by atoms with van der Waals surface area (Å²) in [5.41, 5.74) is 1.88. The average molecular weight is 339 g/mol. The lowest BCUT2D eigenvalue weighted by Gasteiger charge is -2.70. The normalized spacial score (nSPS) is 23.1. The van der Waals surface area contributed by atoms with Crippen LogP contribution in [0.15, 0.2) is 24.4 Å². The second-order valence-electron chi connectivity index (χ2n) is 6.97. The van der Waals surface area contributed by atoms with Crippen molar-refractivity contribution in [3.63, 3.8) is 0 Å². The smallest absolute Gasteiger partial charge is 0.119 e. The van der Waals surface area contributed by atoms with E-state index >= 15 is 0 Å². The summed E-state index contributed by atoms with van der Waals surface area (Å²) >= 11 is 0. The molecule has 1 aromatic heterocycles. The highest BCUT2D eigenvalue weighted by atomic mass is 16.5. The van der Waals surface area contributed by atoms with E-state index in [-0.39, 0.29) is 6.54 Å². The number of nitrogens with one attached hydrogen (secondary N) is 1. The van der Waals surface area contributed by atoms with Gasteiger partial charge in [-0.05, 0) is 51.7 Å². The lowest BCUT2D eigenvalue weighted by molar-refractivity contribution is -0.111. The van der Waals surface area contributed by atoms with Crippen molar-refractivity contribution in [1.82, 2.24) is 9.88 Å². The SMILES string of the molecule is [B]C1([B])OC([B])([B])C([B])([B])N(CCc2c[nH]c3ccc(OC)cc23)C1([B])[B]. The van der Waals surface area contributed by atoms with Gasteiger partial charge in [-0.2, -0.15) is 0 Å². The summed E-state index contributed by atoms with van der Waals surface area (Å²) in [6, 6.07) is 5.67. The van der Waals surface area contributed by atoms with Crippen molar-refractivity contribution in [2.24, 2.45) is 0 Å². The standard InChI is InChI=1S/C15H12B8N2O2/c1-26-9-2-3-11-10(6-9)8(7-24-11)4-5-25-12(16,17)14(20,21)27-15(22,23)13(25,18)19/h2-3,6-7,24H,4-5H2,1H3. The zero-order chi connectivity index (χ0) is 20.3. The number of benzene rings is 1. The predicted molar refractivity (Wildman–Crippen MR) is 113 cm³/mol. The van der Waals surface area contributed by atoms with Gasteiger partial charge in [-0.15, -0.1) is 0 Å². The van der Waals surface area contributed by atoms with Gasteiger partial charge < -0.3 is 19.4 Å². The molecule has 1 fully saturated rings. The van der Waals surface area contributed by atoms with Crippen LogP contribution in [0.2, 0.25) is 0 Å². The number of aromatic amines is 1. The number of rotatable bonds is 4. The molecule has 0 amide bonds. The topological polar surface area (TPSA) is 37.5 Å². The largest absolute Gasteiger partial charge is 0.497 e. The van der Waals surface area contributed by atoms with Crippen molar-refractivity contribution in [3.05, 3.63) is 30.0 Å². The number of methoxy groups -OCH3 is 1. The minimum atomic E-state index is -2.10. The first-order valence-electron chi connectivity index (χ1n) is 8.26. The number of ether oxygens (including phenoxy) is 2. The highest BCUT2D eigenvalue weighted by Crippen LogP contribution is 2.40. The lowest BCUT2D eigenvalue weighted by atomic mass is 9.30. The number of hydrogen-bond acceptors (Lipinski definition) is 3. The van der Waals surface area contributed by atoms with Gasteiger partial charge >= 0.3 is 0 Å². The fraction of sp³-hybridized carbons (Fsp3) is 0.467. The third kappa shape index (κ3) is 3.23. The van der Waals surface area contributed by atoms with Gasteiger partial charge in [0.2, 0.25) is 0 Å². The average Bonchev–Trinajstić information content (AvgIpc) is 2.94. The van der Waals surface area contributed by atoms with Gasteiger partial charge in [-0.3, -0.25) is 0 Å². The number of H-pyrrole nitrogens is 1. The molecule has 2 aromatic rings. The van der Waals surface area contributed by atoms with Crippen LogP contribution in [0.5, 0.6) is 5.75 Å². The zero-order valence-electron chi connectivity index (χ0n) is 15.1. The van der Waals surface area contributed by atoms with Gasteiger partial charge in [-0.25, -0.2) is 0 Å². The molecule has 118 valence electrons. The Bertz CT molecular complexity index is 825. The van der Waals surface area contributed by atoms with E-state index in [4.69, 9.17) is 72.2 Å². The molecule has 2 heterocycles. The van der Waals surface area contributed by atoms with E-state index in [1.807, 2.05) is 24.4 Å². The van der Waals surface area contributed by atoms with Crippen LogP contribution in [-0.4, -0.2) is 108 Å². The third-order valence-electron chi connectivity index (χ3n) is 5.06. The Hall–Kier alpha value is -1.00. The molecule has 4 nitrogen and oxygen atoms in total. The van der Waals surface area contributed by atoms with Crippen molar-refractivity contribution in [2.45, 2.75) is 27.9 Å². The molecule has 1 aliphatic rings. The Kier molecular flexibility index (Phi) is 5.00. The second-order valence-corrected chi connectivity index (χ2v) is 6.97. The van der Waals surface area contributed by atoms with Gasteiger partial charge in [0.25, 0.3) is 0 Å². The summed E-state index contributed by atoms with van der Waals surface area (Å²) in [7, 11) is 49.7. The molecular formula is C15H12B8N2O2. The molecule has 1 saturated heterocycles.